The van der Waals surface area contributed by atoms with Crippen LogP contribution in [0.3, 0.4) is 0 Å². The Bertz CT molecular complexity index is 453. The minimum atomic E-state index is 0.345. The predicted octanol–water partition coefficient (Wildman–Crippen LogP) is 4.29. The van der Waals surface area contributed by atoms with Crippen molar-refractivity contribution in [1.82, 2.24) is 5.32 Å². The Morgan fingerprint density at radius 2 is 2.18 bits per heavy atom. The monoisotopic (exact) mass is 265 g/mol. The van der Waals surface area contributed by atoms with Gasteiger partial charge >= 0.3 is 0 Å². The van der Waals surface area contributed by atoms with Gasteiger partial charge in [-0.2, -0.15) is 0 Å². The van der Waals surface area contributed by atoms with Gasteiger partial charge in [-0.3, -0.25) is 0 Å². The summed E-state index contributed by atoms with van der Waals surface area (Å²) in [6.07, 6.45) is 1.02. The second-order valence-corrected chi connectivity index (χ2v) is 5.42. The summed E-state index contributed by atoms with van der Waals surface area (Å²) in [6, 6.07) is 12.7. The number of halogens is 1. The number of hydrogen-bond acceptors (Lipinski definition) is 2. The molecule has 1 aromatic carbocycles. The Labute approximate surface area is 111 Å². The van der Waals surface area contributed by atoms with Crippen molar-refractivity contribution in [3.63, 3.8) is 0 Å². The highest BCUT2D eigenvalue weighted by molar-refractivity contribution is 7.09. The molecule has 17 heavy (non-hydrogen) atoms. The van der Waals surface area contributed by atoms with E-state index in [1.165, 1.54) is 10.4 Å². The van der Waals surface area contributed by atoms with Crippen LogP contribution in [-0.4, -0.2) is 6.54 Å². The number of benzene rings is 1. The number of nitrogens with one attached hydrogen (secondary N) is 1. The van der Waals surface area contributed by atoms with Gasteiger partial charge in [0.2, 0.25) is 0 Å². The molecule has 0 saturated heterocycles. The number of hydrogen-bond donors (Lipinski definition) is 1. The topological polar surface area (TPSA) is 12.0 Å². The van der Waals surface area contributed by atoms with Gasteiger partial charge in [0.1, 0.15) is 0 Å². The molecule has 1 atom stereocenters. The van der Waals surface area contributed by atoms with Crippen LogP contribution in [0, 0.1) is 0 Å². The van der Waals surface area contributed by atoms with Crippen molar-refractivity contribution < 1.29 is 0 Å². The zero-order valence-electron chi connectivity index (χ0n) is 9.82. The molecule has 1 N–H and O–H groups in total. The van der Waals surface area contributed by atoms with Gasteiger partial charge in [0.05, 0.1) is 0 Å². The maximum atomic E-state index is 6.05. The van der Waals surface area contributed by atoms with Crippen molar-refractivity contribution in [2.24, 2.45) is 0 Å². The lowest BCUT2D eigenvalue weighted by Gasteiger charge is -2.17. The molecule has 0 saturated carbocycles. The van der Waals surface area contributed by atoms with Crippen LogP contribution in [0.5, 0.6) is 0 Å². The van der Waals surface area contributed by atoms with Crippen molar-refractivity contribution in [3.05, 3.63) is 57.2 Å². The number of rotatable bonds is 5. The van der Waals surface area contributed by atoms with Gasteiger partial charge < -0.3 is 5.32 Å². The Balaban J connectivity index is 2.16. The van der Waals surface area contributed by atoms with Gasteiger partial charge in [0, 0.05) is 22.4 Å². The van der Waals surface area contributed by atoms with Crippen molar-refractivity contribution in [2.45, 2.75) is 19.4 Å². The average molecular weight is 266 g/mol. The van der Waals surface area contributed by atoms with E-state index in [0.717, 1.165) is 18.0 Å². The summed E-state index contributed by atoms with van der Waals surface area (Å²) >= 11 is 7.85. The van der Waals surface area contributed by atoms with E-state index in [0.29, 0.717) is 6.04 Å². The first kappa shape index (κ1) is 12.6. The van der Waals surface area contributed by atoms with E-state index in [9.17, 15) is 0 Å². The first-order valence-corrected chi connectivity index (χ1v) is 7.06. The van der Waals surface area contributed by atoms with Crippen LogP contribution in [0.2, 0.25) is 5.02 Å². The summed E-state index contributed by atoms with van der Waals surface area (Å²) in [5, 5.41) is 6.44. The molecule has 3 heteroatoms. The Morgan fingerprint density at radius 3 is 2.82 bits per heavy atom. The van der Waals surface area contributed by atoms with E-state index in [4.69, 9.17) is 11.6 Å². The predicted molar refractivity (Wildman–Crippen MR) is 75.9 cm³/mol. The second kappa shape index (κ2) is 6.20. The highest BCUT2D eigenvalue weighted by Gasteiger charge is 2.11. The molecule has 0 radical (unpaired) electrons. The van der Waals surface area contributed by atoms with Gasteiger partial charge in [0.15, 0.2) is 0 Å². The van der Waals surface area contributed by atoms with Crippen molar-refractivity contribution >= 4 is 22.9 Å². The molecule has 0 aliphatic heterocycles. The van der Waals surface area contributed by atoms with Crippen molar-refractivity contribution in [1.29, 1.82) is 0 Å². The molecule has 2 aromatic rings. The molecule has 0 spiro atoms. The van der Waals surface area contributed by atoms with Gasteiger partial charge in [-0.05, 0) is 35.7 Å². The third kappa shape index (κ3) is 3.56. The van der Waals surface area contributed by atoms with Crippen LogP contribution < -0.4 is 5.32 Å². The SMILES string of the molecule is CCNC(Cc1cccs1)c1cccc(Cl)c1. The van der Waals surface area contributed by atoms with Gasteiger partial charge in [-0.15, -0.1) is 11.3 Å². The van der Waals surface area contributed by atoms with E-state index < -0.39 is 0 Å². The third-order valence-corrected chi connectivity index (χ3v) is 3.82. The van der Waals surface area contributed by atoms with Gasteiger partial charge in [-0.25, -0.2) is 0 Å². The van der Waals surface area contributed by atoms with Crippen LogP contribution >= 0.6 is 22.9 Å². The third-order valence-electron chi connectivity index (χ3n) is 2.69. The Hall–Kier alpha value is -0.830. The molecule has 0 amide bonds. The highest BCUT2D eigenvalue weighted by Crippen LogP contribution is 2.23. The minimum Gasteiger partial charge on any atom is -0.310 e. The number of thiophene rings is 1. The molecule has 0 fully saturated rings. The lowest BCUT2D eigenvalue weighted by atomic mass is 10.0. The first-order chi connectivity index (χ1) is 8.29. The van der Waals surface area contributed by atoms with Crippen molar-refractivity contribution in [3.8, 4) is 0 Å². The molecule has 0 bridgehead atoms. The Morgan fingerprint density at radius 1 is 1.29 bits per heavy atom. The standard InChI is InChI=1S/C14H16ClNS/c1-2-16-14(10-13-7-4-8-17-13)11-5-3-6-12(15)9-11/h3-9,14,16H,2,10H2,1H3. The molecule has 0 aliphatic rings. The number of likely N-dealkylation sites (N-methyl/N-ethyl adjacent to an activating group) is 1. The van der Waals surface area contributed by atoms with Crippen LogP contribution in [0.15, 0.2) is 41.8 Å². The maximum absolute atomic E-state index is 6.05. The van der Waals surface area contributed by atoms with E-state index in [2.05, 4.69) is 35.8 Å². The molecule has 1 aromatic heterocycles. The van der Waals surface area contributed by atoms with Crippen LogP contribution in [-0.2, 0) is 6.42 Å². The molecule has 1 nitrogen and oxygen atoms in total. The fourth-order valence-corrected chi connectivity index (χ4v) is 2.86. The summed E-state index contributed by atoms with van der Waals surface area (Å²) in [7, 11) is 0. The van der Waals surface area contributed by atoms with E-state index in [1.807, 2.05) is 18.2 Å². The highest BCUT2D eigenvalue weighted by atomic mass is 35.5. The molecule has 90 valence electrons. The summed E-state index contributed by atoms with van der Waals surface area (Å²) in [4.78, 5) is 1.40. The first-order valence-electron chi connectivity index (χ1n) is 5.81. The molecule has 1 unspecified atom stereocenters. The molecular formula is C14H16ClNS. The van der Waals surface area contributed by atoms with Gasteiger partial charge in [-0.1, -0.05) is 36.7 Å². The van der Waals surface area contributed by atoms with Crippen LogP contribution in [0.4, 0.5) is 0 Å². The zero-order chi connectivity index (χ0) is 12.1. The van der Waals surface area contributed by atoms with Crippen LogP contribution in [0.1, 0.15) is 23.4 Å². The second-order valence-electron chi connectivity index (χ2n) is 3.95. The van der Waals surface area contributed by atoms with E-state index in [-0.39, 0.29) is 0 Å². The summed E-state index contributed by atoms with van der Waals surface area (Å²) in [5.74, 6) is 0. The van der Waals surface area contributed by atoms with E-state index in [1.54, 1.807) is 11.3 Å². The van der Waals surface area contributed by atoms with Gasteiger partial charge in [0.25, 0.3) is 0 Å². The summed E-state index contributed by atoms with van der Waals surface area (Å²) < 4.78 is 0. The average Bonchev–Trinajstić information content (AvgIpc) is 2.81. The molecule has 1 heterocycles. The smallest absolute Gasteiger partial charge is 0.0409 e. The largest absolute Gasteiger partial charge is 0.310 e. The molecule has 2 rings (SSSR count). The summed E-state index contributed by atoms with van der Waals surface area (Å²) in [5.41, 5.74) is 1.26. The molecule has 0 aliphatic carbocycles. The fraction of sp³-hybridized carbons (Fsp3) is 0.286. The lowest BCUT2D eigenvalue weighted by molar-refractivity contribution is 0.553. The quantitative estimate of drug-likeness (QED) is 0.850. The lowest BCUT2D eigenvalue weighted by Crippen LogP contribution is -2.22. The van der Waals surface area contributed by atoms with Crippen molar-refractivity contribution in [2.75, 3.05) is 6.54 Å². The molecular weight excluding hydrogens is 250 g/mol. The maximum Gasteiger partial charge on any atom is 0.0409 e. The summed E-state index contributed by atoms with van der Waals surface area (Å²) in [6.45, 7) is 3.09. The zero-order valence-corrected chi connectivity index (χ0v) is 11.4. The Kier molecular flexibility index (Phi) is 4.60. The fourth-order valence-electron chi connectivity index (χ4n) is 1.91. The normalized spacial score (nSPS) is 12.6. The minimum absolute atomic E-state index is 0.345. The van der Waals surface area contributed by atoms with Crippen LogP contribution in [0.25, 0.3) is 0 Å². The van der Waals surface area contributed by atoms with E-state index >= 15 is 0 Å².